The van der Waals surface area contributed by atoms with Crippen LogP contribution in [0.3, 0.4) is 0 Å². The van der Waals surface area contributed by atoms with E-state index < -0.39 is 0 Å². The van der Waals surface area contributed by atoms with E-state index in [1.165, 1.54) is 5.56 Å². The zero-order chi connectivity index (χ0) is 14.7. The number of para-hydroxylation sites is 1. The highest BCUT2D eigenvalue weighted by Crippen LogP contribution is 2.46. The van der Waals surface area contributed by atoms with Crippen molar-refractivity contribution in [2.24, 2.45) is 0 Å². The van der Waals surface area contributed by atoms with Crippen LogP contribution in [0.15, 0.2) is 54.6 Å². The second-order valence-electron chi connectivity index (χ2n) is 5.53. The Kier molecular flexibility index (Phi) is 3.98. The summed E-state index contributed by atoms with van der Waals surface area (Å²) < 4.78 is 0. The van der Waals surface area contributed by atoms with Crippen molar-refractivity contribution >= 4 is 23.7 Å². The zero-order valence-electron chi connectivity index (χ0n) is 11.8. The molecule has 0 unspecified atom stereocenters. The van der Waals surface area contributed by atoms with Gasteiger partial charge in [-0.15, -0.1) is 0 Å². The predicted octanol–water partition coefficient (Wildman–Crippen LogP) is 4.77. The quantitative estimate of drug-likeness (QED) is 0.745. The van der Waals surface area contributed by atoms with Crippen LogP contribution in [0.1, 0.15) is 31.2 Å². The zero-order valence-corrected chi connectivity index (χ0v) is 12.6. The van der Waals surface area contributed by atoms with Gasteiger partial charge in [-0.25, -0.2) is 0 Å². The summed E-state index contributed by atoms with van der Waals surface area (Å²) in [7, 11) is 0. The summed E-state index contributed by atoms with van der Waals surface area (Å²) in [4.78, 5) is 13.7. The van der Waals surface area contributed by atoms with Gasteiger partial charge in [-0.3, -0.25) is 4.79 Å². The minimum Gasteiger partial charge on any atom is -0.303 e. The normalized spacial score (nSPS) is 16.6. The Labute approximate surface area is 130 Å². The number of benzene rings is 2. The van der Waals surface area contributed by atoms with Crippen LogP contribution in [0.2, 0.25) is 5.02 Å². The molecule has 1 saturated carbocycles. The molecule has 3 rings (SSSR count). The van der Waals surface area contributed by atoms with Crippen LogP contribution in [0.4, 0.5) is 5.69 Å². The predicted molar refractivity (Wildman–Crippen MR) is 86.6 cm³/mol. The van der Waals surface area contributed by atoms with Crippen molar-refractivity contribution in [2.45, 2.75) is 31.2 Å². The van der Waals surface area contributed by atoms with E-state index in [0.29, 0.717) is 5.02 Å². The lowest BCUT2D eigenvalue weighted by Gasteiger charge is -2.40. The Hall–Kier alpha value is -1.80. The van der Waals surface area contributed by atoms with E-state index >= 15 is 0 Å². The molecule has 0 aromatic heterocycles. The molecule has 1 aliphatic rings. The van der Waals surface area contributed by atoms with Gasteiger partial charge in [0.05, 0.1) is 16.2 Å². The Morgan fingerprint density at radius 1 is 0.952 bits per heavy atom. The highest BCUT2D eigenvalue weighted by Gasteiger charge is 2.41. The third-order valence-corrected chi connectivity index (χ3v) is 4.74. The molecular weight excluding hydrogens is 282 g/mol. The van der Waals surface area contributed by atoms with Gasteiger partial charge in [0.25, 0.3) is 0 Å². The van der Waals surface area contributed by atoms with E-state index in [2.05, 4.69) is 12.1 Å². The number of hydrogen-bond acceptors (Lipinski definition) is 1. The van der Waals surface area contributed by atoms with Gasteiger partial charge in [0, 0.05) is 0 Å². The fraction of sp³-hybridized carbons (Fsp3) is 0.278. The Bertz CT molecular complexity index is 620. The average Bonchev–Trinajstić information content (AvgIpc) is 3.01. The lowest BCUT2D eigenvalue weighted by atomic mass is 9.86. The molecule has 108 valence electrons. The number of nitrogens with zero attached hydrogens (tertiary/aromatic N) is 1. The van der Waals surface area contributed by atoms with Crippen LogP contribution < -0.4 is 4.90 Å². The number of rotatable bonds is 4. The number of halogens is 1. The molecular formula is C18H18ClNO. The lowest BCUT2D eigenvalue weighted by molar-refractivity contribution is -0.108. The first-order chi connectivity index (χ1) is 10.3. The molecule has 2 aromatic rings. The van der Waals surface area contributed by atoms with Gasteiger partial charge in [-0.1, -0.05) is 66.9 Å². The molecule has 0 bridgehead atoms. The highest BCUT2D eigenvalue weighted by molar-refractivity contribution is 6.33. The summed E-state index contributed by atoms with van der Waals surface area (Å²) in [5.74, 6) is 0. The third kappa shape index (κ3) is 2.44. The first-order valence-corrected chi connectivity index (χ1v) is 7.70. The van der Waals surface area contributed by atoms with Gasteiger partial charge in [0.2, 0.25) is 6.41 Å². The van der Waals surface area contributed by atoms with E-state index in [1.54, 1.807) is 0 Å². The summed E-state index contributed by atoms with van der Waals surface area (Å²) in [6, 6.07) is 17.9. The number of hydrogen-bond donors (Lipinski definition) is 0. The summed E-state index contributed by atoms with van der Waals surface area (Å²) in [5, 5.41) is 0.617. The average molecular weight is 300 g/mol. The molecule has 1 aliphatic carbocycles. The molecule has 3 heteroatoms. The summed E-state index contributed by atoms with van der Waals surface area (Å²) in [5.41, 5.74) is 1.71. The second kappa shape index (κ2) is 5.90. The Balaban J connectivity index is 2.12. The van der Waals surface area contributed by atoms with Gasteiger partial charge in [0.15, 0.2) is 0 Å². The van der Waals surface area contributed by atoms with Gasteiger partial charge in [-0.05, 0) is 30.5 Å². The van der Waals surface area contributed by atoms with Crippen molar-refractivity contribution in [3.63, 3.8) is 0 Å². The maximum Gasteiger partial charge on any atom is 0.214 e. The maximum absolute atomic E-state index is 11.9. The van der Waals surface area contributed by atoms with E-state index in [-0.39, 0.29) is 5.54 Å². The first-order valence-electron chi connectivity index (χ1n) is 7.33. The molecule has 1 amide bonds. The SMILES string of the molecule is O=CN(c1ccccc1Cl)C1(c2ccccc2)CCCC1. The molecule has 0 radical (unpaired) electrons. The van der Waals surface area contributed by atoms with E-state index in [1.807, 2.05) is 47.4 Å². The van der Waals surface area contributed by atoms with Crippen molar-refractivity contribution in [1.29, 1.82) is 0 Å². The Morgan fingerprint density at radius 3 is 2.19 bits per heavy atom. The fourth-order valence-electron chi connectivity index (χ4n) is 3.41. The minimum atomic E-state index is -0.270. The van der Waals surface area contributed by atoms with Crippen LogP contribution in [-0.2, 0) is 10.3 Å². The standard InChI is InChI=1S/C18H18ClNO/c19-16-10-4-5-11-17(16)20(14-21)18(12-6-7-13-18)15-8-2-1-3-9-15/h1-5,8-11,14H,6-7,12-13H2. The molecule has 0 atom stereocenters. The summed E-state index contributed by atoms with van der Waals surface area (Å²) in [6.07, 6.45) is 5.13. The topological polar surface area (TPSA) is 20.3 Å². The van der Waals surface area contributed by atoms with Crippen LogP contribution in [0.25, 0.3) is 0 Å². The molecule has 1 fully saturated rings. The maximum atomic E-state index is 11.9. The van der Waals surface area contributed by atoms with Crippen LogP contribution in [0.5, 0.6) is 0 Å². The van der Waals surface area contributed by atoms with E-state index in [9.17, 15) is 4.79 Å². The van der Waals surface area contributed by atoms with Crippen LogP contribution in [0, 0.1) is 0 Å². The highest BCUT2D eigenvalue weighted by atomic mass is 35.5. The van der Waals surface area contributed by atoms with Crippen molar-refractivity contribution in [1.82, 2.24) is 0 Å². The molecule has 21 heavy (non-hydrogen) atoms. The third-order valence-electron chi connectivity index (χ3n) is 4.42. The smallest absolute Gasteiger partial charge is 0.214 e. The van der Waals surface area contributed by atoms with Gasteiger partial charge in [0.1, 0.15) is 0 Å². The fourth-order valence-corrected chi connectivity index (χ4v) is 3.64. The number of amides is 1. The molecule has 0 aliphatic heterocycles. The van der Waals surface area contributed by atoms with Gasteiger partial charge in [-0.2, -0.15) is 0 Å². The monoisotopic (exact) mass is 299 g/mol. The number of carbonyl (C=O) groups is 1. The molecule has 0 saturated heterocycles. The lowest BCUT2D eigenvalue weighted by Crippen LogP contribution is -2.43. The molecule has 2 nitrogen and oxygen atoms in total. The first kappa shape index (κ1) is 14.2. The van der Waals surface area contributed by atoms with Crippen LogP contribution >= 0.6 is 11.6 Å². The van der Waals surface area contributed by atoms with Gasteiger partial charge >= 0.3 is 0 Å². The van der Waals surface area contributed by atoms with Crippen molar-refractivity contribution in [3.05, 3.63) is 65.2 Å². The molecule has 2 aromatic carbocycles. The van der Waals surface area contributed by atoms with Crippen molar-refractivity contribution < 1.29 is 4.79 Å². The minimum absolute atomic E-state index is 0.270. The summed E-state index contributed by atoms with van der Waals surface area (Å²) in [6.45, 7) is 0. The van der Waals surface area contributed by atoms with Crippen molar-refractivity contribution in [3.8, 4) is 0 Å². The summed E-state index contributed by atoms with van der Waals surface area (Å²) >= 11 is 6.33. The van der Waals surface area contributed by atoms with Crippen LogP contribution in [-0.4, -0.2) is 6.41 Å². The molecule has 0 heterocycles. The van der Waals surface area contributed by atoms with Gasteiger partial charge < -0.3 is 4.90 Å². The Morgan fingerprint density at radius 2 is 1.57 bits per heavy atom. The van der Waals surface area contributed by atoms with Crippen molar-refractivity contribution in [2.75, 3.05) is 4.90 Å². The van der Waals surface area contributed by atoms with E-state index in [0.717, 1.165) is 37.8 Å². The van der Waals surface area contributed by atoms with E-state index in [4.69, 9.17) is 11.6 Å². The number of anilines is 1. The molecule has 0 N–H and O–H groups in total. The largest absolute Gasteiger partial charge is 0.303 e. The second-order valence-corrected chi connectivity index (χ2v) is 5.94. The number of carbonyl (C=O) groups excluding carboxylic acids is 1. The molecule has 0 spiro atoms.